The molecule has 23 heavy (non-hydrogen) atoms. The second-order valence-electron chi connectivity index (χ2n) is 4.90. The van der Waals surface area contributed by atoms with Crippen molar-refractivity contribution in [2.75, 3.05) is 11.6 Å². The molecule has 2 heterocycles. The molecule has 8 nitrogen and oxygen atoms in total. The van der Waals surface area contributed by atoms with Crippen LogP contribution in [0.2, 0.25) is 0 Å². The van der Waals surface area contributed by atoms with Crippen molar-refractivity contribution >= 4 is 17.3 Å². The van der Waals surface area contributed by atoms with Crippen LogP contribution in [-0.2, 0) is 16.1 Å². The van der Waals surface area contributed by atoms with E-state index in [1.54, 1.807) is 12.1 Å². The van der Waals surface area contributed by atoms with Gasteiger partial charge in [-0.15, -0.1) is 0 Å². The molecule has 0 saturated heterocycles. The van der Waals surface area contributed by atoms with E-state index >= 15 is 0 Å². The van der Waals surface area contributed by atoms with Crippen molar-refractivity contribution in [1.29, 1.82) is 0 Å². The lowest BCUT2D eigenvalue weighted by molar-refractivity contribution is -0.385. The van der Waals surface area contributed by atoms with Gasteiger partial charge in [-0.25, -0.2) is 10.0 Å². The molecule has 0 N–H and O–H groups in total. The number of ether oxygens (including phenoxy) is 1. The highest BCUT2D eigenvalue weighted by Crippen LogP contribution is 2.37. The molecule has 0 atom stereocenters. The van der Waals surface area contributed by atoms with Crippen LogP contribution < -0.4 is 9.80 Å². The Kier molecular flexibility index (Phi) is 3.80. The van der Waals surface area contributed by atoms with Gasteiger partial charge in [0.2, 0.25) is 5.88 Å². The van der Waals surface area contributed by atoms with Crippen molar-refractivity contribution < 1.29 is 19.3 Å². The van der Waals surface area contributed by atoms with Gasteiger partial charge < -0.3 is 9.57 Å². The van der Waals surface area contributed by atoms with Gasteiger partial charge in [-0.1, -0.05) is 6.07 Å². The highest BCUT2D eigenvalue weighted by Gasteiger charge is 2.25. The molecular formula is C15H13N3O5. The molecule has 1 aliphatic rings. The minimum absolute atomic E-state index is 0.100. The van der Waals surface area contributed by atoms with E-state index in [-0.39, 0.29) is 17.5 Å². The summed E-state index contributed by atoms with van der Waals surface area (Å²) in [6.45, 7) is 1.89. The van der Waals surface area contributed by atoms with Gasteiger partial charge in [-0.3, -0.25) is 14.9 Å². The van der Waals surface area contributed by atoms with Crippen molar-refractivity contribution in [1.82, 2.24) is 4.98 Å². The Morgan fingerprint density at radius 2 is 2.17 bits per heavy atom. The molecule has 0 aliphatic carbocycles. The summed E-state index contributed by atoms with van der Waals surface area (Å²) in [5.74, 6) is 0.453. The fourth-order valence-corrected chi connectivity index (χ4v) is 2.37. The zero-order valence-corrected chi connectivity index (χ0v) is 12.3. The van der Waals surface area contributed by atoms with E-state index in [2.05, 4.69) is 4.98 Å². The first-order chi connectivity index (χ1) is 11.0. The molecule has 118 valence electrons. The number of nitro groups is 1. The lowest BCUT2D eigenvalue weighted by Gasteiger charge is -2.17. The Hall–Kier alpha value is -3.16. The third-order valence-corrected chi connectivity index (χ3v) is 3.33. The van der Waals surface area contributed by atoms with E-state index in [1.807, 2.05) is 6.07 Å². The van der Waals surface area contributed by atoms with E-state index in [4.69, 9.17) is 9.57 Å². The zero-order valence-electron chi connectivity index (χ0n) is 12.3. The lowest BCUT2D eigenvalue weighted by Crippen LogP contribution is -2.23. The van der Waals surface area contributed by atoms with E-state index in [9.17, 15) is 14.9 Å². The van der Waals surface area contributed by atoms with Crippen molar-refractivity contribution in [3.8, 4) is 11.6 Å². The monoisotopic (exact) mass is 315 g/mol. The average Bonchev–Trinajstić information content (AvgIpc) is 2.91. The Morgan fingerprint density at radius 3 is 2.83 bits per heavy atom. The maximum Gasteiger partial charge on any atom is 0.329 e. The molecule has 0 saturated carbocycles. The highest BCUT2D eigenvalue weighted by molar-refractivity contribution is 5.70. The number of rotatable bonds is 4. The molecule has 0 spiro atoms. The lowest BCUT2D eigenvalue weighted by atomic mass is 10.1. The summed E-state index contributed by atoms with van der Waals surface area (Å²) in [6, 6.07) is 8.16. The summed E-state index contributed by atoms with van der Waals surface area (Å²) in [6.07, 6.45) is 1.80. The summed E-state index contributed by atoms with van der Waals surface area (Å²) in [7, 11) is 0. The SMILES string of the molecule is CC(=O)ON1CCc2c(Oc3ccc([N+](=O)[O-])cn3)cccc21. The van der Waals surface area contributed by atoms with Crippen LogP contribution in [0, 0.1) is 10.1 Å². The number of anilines is 1. The number of pyridine rings is 1. The minimum Gasteiger partial charge on any atom is -0.439 e. The third kappa shape index (κ3) is 3.05. The predicted octanol–water partition coefficient (Wildman–Crippen LogP) is 2.62. The number of carbonyl (C=O) groups excluding carboxylic acids is 1. The minimum atomic E-state index is -0.520. The summed E-state index contributed by atoms with van der Waals surface area (Å²) >= 11 is 0. The maximum atomic E-state index is 11.1. The fraction of sp³-hybridized carbons (Fsp3) is 0.200. The maximum absolute atomic E-state index is 11.1. The Labute approximate surface area is 131 Å². The number of nitrogens with zero attached hydrogens (tertiary/aromatic N) is 3. The zero-order chi connectivity index (χ0) is 16.4. The number of benzene rings is 1. The third-order valence-electron chi connectivity index (χ3n) is 3.33. The molecule has 0 fully saturated rings. The Balaban J connectivity index is 1.83. The van der Waals surface area contributed by atoms with Crippen LogP contribution in [0.1, 0.15) is 12.5 Å². The molecule has 0 amide bonds. The van der Waals surface area contributed by atoms with E-state index < -0.39 is 4.92 Å². The van der Waals surface area contributed by atoms with Crippen LogP contribution in [0.4, 0.5) is 11.4 Å². The van der Waals surface area contributed by atoms with Crippen molar-refractivity contribution in [2.24, 2.45) is 0 Å². The fourth-order valence-electron chi connectivity index (χ4n) is 2.37. The molecule has 1 aromatic heterocycles. The first-order valence-corrected chi connectivity index (χ1v) is 6.91. The molecule has 8 heteroatoms. The predicted molar refractivity (Wildman–Crippen MR) is 80.2 cm³/mol. The smallest absolute Gasteiger partial charge is 0.329 e. The van der Waals surface area contributed by atoms with Gasteiger partial charge in [-0.2, -0.15) is 0 Å². The quantitative estimate of drug-likeness (QED) is 0.632. The van der Waals surface area contributed by atoms with E-state index in [1.165, 1.54) is 24.1 Å². The molecule has 3 rings (SSSR count). The molecule has 2 aromatic rings. The van der Waals surface area contributed by atoms with Crippen LogP contribution in [0.5, 0.6) is 11.6 Å². The molecule has 0 unspecified atom stereocenters. The van der Waals surface area contributed by atoms with E-state index in [0.717, 1.165) is 17.4 Å². The van der Waals surface area contributed by atoms with Gasteiger partial charge in [0.25, 0.3) is 5.69 Å². The van der Waals surface area contributed by atoms with E-state index in [0.29, 0.717) is 18.7 Å². The number of aromatic nitrogens is 1. The van der Waals surface area contributed by atoms with Gasteiger partial charge in [0, 0.05) is 24.6 Å². The molecule has 0 bridgehead atoms. The van der Waals surface area contributed by atoms with Crippen LogP contribution >= 0.6 is 0 Å². The average molecular weight is 315 g/mol. The summed E-state index contributed by atoms with van der Waals surface area (Å²) in [5, 5.41) is 12.1. The normalized spacial score (nSPS) is 12.7. The first kappa shape index (κ1) is 14.8. The second kappa shape index (κ2) is 5.91. The number of hydroxylamine groups is 1. The van der Waals surface area contributed by atoms with Crippen LogP contribution in [0.15, 0.2) is 36.5 Å². The molecule has 1 aromatic carbocycles. The molecule has 1 aliphatic heterocycles. The standard InChI is InChI=1S/C15H13N3O5/c1-10(19)23-17-8-7-12-13(17)3-2-4-14(12)22-15-6-5-11(9-16-15)18(20)21/h2-6,9H,7-8H2,1H3. The van der Waals surface area contributed by atoms with Gasteiger partial charge in [0.05, 0.1) is 17.2 Å². The Morgan fingerprint density at radius 1 is 1.35 bits per heavy atom. The number of hydrogen-bond acceptors (Lipinski definition) is 7. The van der Waals surface area contributed by atoms with Crippen molar-refractivity contribution in [3.05, 3.63) is 52.2 Å². The number of hydrogen-bond donors (Lipinski definition) is 0. The van der Waals surface area contributed by atoms with Gasteiger partial charge in [-0.05, 0) is 18.6 Å². The molecule has 0 radical (unpaired) electrons. The molecular weight excluding hydrogens is 302 g/mol. The van der Waals surface area contributed by atoms with Crippen molar-refractivity contribution in [2.45, 2.75) is 13.3 Å². The van der Waals surface area contributed by atoms with Gasteiger partial charge in [0.15, 0.2) is 0 Å². The first-order valence-electron chi connectivity index (χ1n) is 6.91. The summed E-state index contributed by atoms with van der Waals surface area (Å²) in [4.78, 5) is 30.3. The highest BCUT2D eigenvalue weighted by atomic mass is 16.7. The van der Waals surface area contributed by atoms with Gasteiger partial charge in [0.1, 0.15) is 11.9 Å². The van der Waals surface area contributed by atoms with Crippen LogP contribution in [-0.4, -0.2) is 22.4 Å². The number of carbonyl (C=O) groups is 1. The van der Waals surface area contributed by atoms with Gasteiger partial charge >= 0.3 is 5.97 Å². The summed E-state index contributed by atoms with van der Waals surface area (Å²) < 4.78 is 5.71. The largest absolute Gasteiger partial charge is 0.439 e. The topological polar surface area (TPSA) is 94.8 Å². The second-order valence-corrected chi connectivity index (χ2v) is 4.90. The van der Waals surface area contributed by atoms with Crippen LogP contribution in [0.25, 0.3) is 0 Å². The summed E-state index contributed by atoms with van der Waals surface area (Å²) in [5.41, 5.74) is 1.56. The van der Waals surface area contributed by atoms with Crippen LogP contribution in [0.3, 0.4) is 0 Å². The van der Waals surface area contributed by atoms with Crippen molar-refractivity contribution in [3.63, 3.8) is 0 Å². The Bertz CT molecular complexity index is 760. The number of fused-ring (bicyclic) bond motifs is 1.